The Labute approximate surface area is 175 Å². The number of rotatable bonds is 8. The Balaban J connectivity index is 2.59. The van der Waals surface area contributed by atoms with Gasteiger partial charge in [0.05, 0.1) is 30.0 Å². The monoisotopic (exact) mass is 434 g/mol. The number of aromatic nitrogens is 4. The van der Waals surface area contributed by atoms with E-state index in [1.807, 2.05) is 0 Å². The number of carboxylic acid groups (broad SMARTS) is 1. The number of ether oxygens (including phenoxy) is 2. The quantitative estimate of drug-likeness (QED) is 0.425. The molecule has 11 heteroatoms. The summed E-state index contributed by atoms with van der Waals surface area (Å²) in [5.41, 5.74) is -3.70. The van der Waals surface area contributed by atoms with E-state index in [0.717, 1.165) is 29.0 Å². The lowest BCUT2D eigenvalue weighted by molar-refractivity contribution is -0.162. The smallest absolute Gasteiger partial charge is 0.329 e. The van der Waals surface area contributed by atoms with Crippen LogP contribution in [0.4, 0.5) is 8.78 Å². The van der Waals surface area contributed by atoms with E-state index < -0.39 is 34.6 Å². The van der Waals surface area contributed by atoms with Crippen LogP contribution in [0.15, 0.2) is 24.5 Å². The molecule has 164 valence electrons. The molecule has 3 rings (SSSR count). The average molecular weight is 434 g/mol. The Morgan fingerprint density at radius 1 is 1.13 bits per heavy atom. The second kappa shape index (κ2) is 8.62. The van der Waals surface area contributed by atoms with Gasteiger partial charge in [-0.1, -0.05) is 13.0 Å². The predicted molar refractivity (Wildman–Crippen MR) is 104 cm³/mol. The third-order valence-electron chi connectivity index (χ3n) is 4.81. The number of carboxylic acids is 1. The number of halogens is 2. The van der Waals surface area contributed by atoms with Crippen LogP contribution in [-0.4, -0.2) is 49.8 Å². The highest BCUT2D eigenvalue weighted by Gasteiger charge is 2.53. The molecule has 1 aromatic carbocycles. The highest BCUT2D eigenvalue weighted by atomic mass is 19.1. The van der Waals surface area contributed by atoms with Crippen molar-refractivity contribution in [2.45, 2.75) is 32.6 Å². The Morgan fingerprint density at radius 2 is 1.81 bits per heavy atom. The number of aliphatic carboxylic acids is 1. The van der Waals surface area contributed by atoms with Crippen LogP contribution in [0, 0.1) is 11.6 Å². The van der Waals surface area contributed by atoms with Gasteiger partial charge in [0.1, 0.15) is 18.0 Å². The molecule has 0 aliphatic carbocycles. The summed E-state index contributed by atoms with van der Waals surface area (Å²) in [5.74, 6) is -5.09. The number of hydrogen-bond donors (Lipinski definition) is 1. The van der Waals surface area contributed by atoms with Gasteiger partial charge in [0.25, 0.3) is 5.78 Å². The molecule has 1 atom stereocenters. The third-order valence-corrected chi connectivity index (χ3v) is 4.81. The van der Waals surface area contributed by atoms with Crippen LogP contribution in [-0.2, 0) is 19.7 Å². The minimum Gasteiger partial charge on any atom is -0.480 e. The van der Waals surface area contributed by atoms with E-state index >= 15 is 0 Å². The Kier molecular flexibility index (Phi) is 6.14. The van der Waals surface area contributed by atoms with E-state index in [2.05, 4.69) is 15.1 Å². The van der Waals surface area contributed by atoms with Gasteiger partial charge in [-0.15, -0.1) is 0 Å². The molecule has 0 bridgehead atoms. The molecule has 2 heterocycles. The topological polar surface area (TPSA) is 116 Å². The van der Waals surface area contributed by atoms with Gasteiger partial charge in [0.2, 0.25) is 11.3 Å². The summed E-state index contributed by atoms with van der Waals surface area (Å²) < 4.78 is 41.3. The first kappa shape index (κ1) is 22.1. The fourth-order valence-corrected chi connectivity index (χ4v) is 3.42. The first-order valence-electron chi connectivity index (χ1n) is 9.55. The number of hydrogen-bond acceptors (Lipinski definition) is 7. The van der Waals surface area contributed by atoms with E-state index in [1.54, 1.807) is 6.92 Å². The standard InChI is InChI=1S/C20H20F2N4O5/c1-4-20(17(27)28,18(29)31-6-3)15-14(13-11(21)8-7-9-12(13)22)16(30-5-2)25-19-23-10-24-26(15)19/h7-10H,4-6H2,1-3H3,(H,27,28). The predicted octanol–water partition coefficient (Wildman–Crippen LogP) is 2.76. The molecule has 0 saturated heterocycles. The Morgan fingerprint density at radius 3 is 2.35 bits per heavy atom. The SMILES string of the molecule is CCOC(=O)C(CC)(C(=O)O)c1c(-c2c(F)cccc2F)c(OCC)nc2ncnn12. The minimum absolute atomic E-state index is 0.0470. The van der Waals surface area contributed by atoms with Crippen molar-refractivity contribution in [3.63, 3.8) is 0 Å². The fraction of sp³-hybridized carbons (Fsp3) is 0.350. The lowest BCUT2D eigenvalue weighted by atomic mass is 9.78. The fourth-order valence-electron chi connectivity index (χ4n) is 3.42. The van der Waals surface area contributed by atoms with Crippen LogP contribution in [0.2, 0.25) is 0 Å². The van der Waals surface area contributed by atoms with Crippen LogP contribution in [0.5, 0.6) is 5.88 Å². The summed E-state index contributed by atoms with van der Waals surface area (Å²) >= 11 is 0. The van der Waals surface area contributed by atoms with Gasteiger partial charge < -0.3 is 14.6 Å². The van der Waals surface area contributed by atoms with Gasteiger partial charge >= 0.3 is 11.9 Å². The highest BCUT2D eigenvalue weighted by Crippen LogP contribution is 2.43. The summed E-state index contributed by atoms with van der Waals surface area (Å²) in [7, 11) is 0. The van der Waals surface area contributed by atoms with Gasteiger partial charge in [-0.05, 0) is 32.4 Å². The molecule has 0 saturated carbocycles. The zero-order valence-electron chi connectivity index (χ0n) is 17.1. The van der Waals surface area contributed by atoms with Gasteiger partial charge in [-0.2, -0.15) is 19.6 Å². The Hall–Kier alpha value is -3.63. The second-order valence-electron chi connectivity index (χ2n) is 6.43. The number of fused-ring (bicyclic) bond motifs is 1. The maximum atomic E-state index is 14.9. The van der Waals surface area contributed by atoms with E-state index in [9.17, 15) is 23.5 Å². The molecule has 3 aromatic rings. The van der Waals surface area contributed by atoms with E-state index in [1.165, 1.54) is 13.8 Å². The van der Waals surface area contributed by atoms with Crippen LogP contribution < -0.4 is 4.74 Å². The molecular weight excluding hydrogens is 414 g/mol. The number of carbonyl (C=O) groups excluding carboxylic acids is 1. The van der Waals surface area contributed by atoms with E-state index in [0.29, 0.717) is 0 Å². The van der Waals surface area contributed by atoms with Crippen molar-refractivity contribution in [1.82, 2.24) is 19.6 Å². The minimum atomic E-state index is -2.37. The number of nitrogens with zero attached hydrogens (tertiary/aromatic N) is 4. The lowest BCUT2D eigenvalue weighted by Gasteiger charge is -2.29. The summed E-state index contributed by atoms with van der Waals surface area (Å²) in [5, 5.41) is 14.2. The van der Waals surface area contributed by atoms with Crippen LogP contribution in [0.3, 0.4) is 0 Å². The molecule has 1 unspecified atom stereocenters. The maximum absolute atomic E-state index is 14.9. The normalized spacial score (nSPS) is 13.1. The molecule has 9 nitrogen and oxygen atoms in total. The molecule has 0 amide bonds. The molecule has 1 N–H and O–H groups in total. The van der Waals surface area contributed by atoms with Crippen molar-refractivity contribution in [1.29, 1.82) is 0 Å². The number of esters is 1. The number of carbonyl (C=O) groups is 2. The summed E-state index contributed by atoms with van der Waals surface area (Å²) in [6, 6.07) is 3.16. The van der Waals surface area contributed by atoms with E-state index in [4.69, 9.17) is 9.47 Å². The third kappa shape index (κ3) is 3.45. The summed E-state index contributed by atoms with van der Waals surface area (Å²) in [6.07, 6.45) is 0.769. The molecule has 0 spiro atoms. The van der Waals surface area contributed by atoms with Crippen molar-refractivity contribution >= 4 is 17.7 Å². The van der Waals surface area contributed by atoms with Crippen LogP contribution in [0.25, 0.3) is 16.9 Å². The second-order valence-corrected chi connectivity index (χ2v) is 6.43. The molecule has 2 aromatic heterocycles. The van der Waals surface area contributed by atoms with Gasteiger partial charge in [-0.3, -0.25) is 9.59 Å². The molecule has 0 fully saturated rings. The van der Waals surface area contributed by atoms with Crippen molar-refractivity contribution in [2.75, 3.05) is 13.2 Å². The van der Waals surface area contributed by atoms with E-state index in [-0.39, 0.29) is 42.5 Å². The zero-order chi connectivity index (χ0) is 22.8. The molecule has 31 heavy (non-hydrogen) atoms. The van der Waals surface area contributed by atoms with Gasteiger partial charge in [0.15, 0.2) is 0 Å². The first-order valence-corrected chi connectivity index (χ1v) is 9.55. The first-order chi connectivity index (χ1) is 14.8. The number of benzene rings is 1. The van der Waals surface area contributed by atoms with Gasteiger partial charge in [0, 0.05) is 0 Å². The highest BCUT2D eigenvalue weighted by molar-refractivity contribution is 6.07. The molecular formula is C20H20F2N4O5. The molecule has 0 aliphatic rings. The lowest BCUT2D eigenvalue weighted by Crippen LogP contribution is -2.46. The summed E-state index contributed by atoms with van der Waals surface area (Å²) in [6.45, 7) is 4.51. The summed E-state index contributed by atoms with van der Waals surface area (Å²) in [4.78, 5) is 33.6. The molecule has 0 aliphatic heterocycles. The zero-order valence-corrected chi connectivity index (χ0v) is 17.1. The van der Waals surface area contributed by atoms with Crippen molar-refractivity contribution < 1.29 is 33.0 Å². The van der Waals surface area contributed by atoms with Crippen molar-refractivity contribution in [3.05, 3.63) is 41.9 Å². The van der Waals surface area contributed by atoms with Crippen molar-refractivity contribution in [3.8, 4) is 17.0 Å². The van der Waals surface area contributed by atoms with Crippen molar-refractivity contribution in [2.24, 2.45) is 0 Å². The van der Waals surface area contributed by atoms with Gasteiger partial charge in [-0.25, -0.2) is 8.78 Å². The maximum Gasteiger partial charge on any atom is 0.329 e. The molecule has 0 radical (unpaired) electrons. The average Bonchev–Trinajstić information content (AvgIpc) is 3.18. The largest absolute Gasteiger partial charge is 0.480 e. The Bertz CT molecular complexity index is 1130. The van der Waals surface area contributed by atoms with Crippen LogP contribution in [0.1, 0.15) is 32.9 Å². The van der Waals surface area contributed by atoms with Crippen LogP contribution >= 0.6 is 0 Å².